The van der Waals surface area contributed by atoms with Crippen molar-refractivity contribution in [1.29, 1.82) is 5.26 Å². The summed E-state index contributed by atoms with van der Waals surface area (Å²) in [6.07, 6.45) is 0.798. The molecule has 37 heavy (non-hydrogen) atoms. The third-order valence-corrected chi connectivity index (χ3v) is 7.19. The Labute approximate surface area is 221 Å². The number of carbonyl (C=O) groups excluding carboxylic acids is 2. The first-order valence-corrected chi connectivity index (χ1v) is 13.3. The van der Waals surface area contributed by atoms with Gasteiger partial charge in [0, 0.05) is 22.5 Å². The van der Waals surface area contributed by atoms with E-state index in [1.807, 2.05) is 63.2 Å². The van der Waals surface area contributed by atoms with E-state index in [-0.39, 0.29) is 18.2 Å². The summed E-state index contributed by atoms with van der Waals surface area (Å²) in [5.74, 6) is -0.0323. The molecule has 7 nitrogen and oxygen atoms in total. The Morgan fingerprint density at radius 1 is 1.16 bits per heavy atom. The van der Waals surface area contributed by atoms with Gasteiger partial charge in [0.15, 0.2) is 0 Å². The van der Waals surface area contributed by atoms with E-state index in [1.165, 1.54) is 0 Å². The predicted octanol–water partition coefficient (Wildman–Crippen LogP) is 6.05. The number of benzene rings is 2. The molecule has 194 valence electrons. The summed E-state index contributed by atoms with van der Waals surface area (Å²) >= 11 is 1.62. The van der Waals surface area contributed by atoms with Crippen LogP contribution in [-0.2, 0) is 20.7 Å². The number of carbonyl (C=O) groups is 2. The van der Waals surface area contributed by atoms with Gasteiger partial charge in [0.05, 0.1) is 30.7 Å². The smallest absolute Gasteiger partial charge is 0.410 e. The van der Waals surface area contributed by atoms with Crippen LogP contribution in [0.5, 0.6) is 5.75 Å². The number of nitrogens with zero attached hydrogens (tertiary/aromatic N) is 2. The van der Waals surface area contributed by atoms with E-state index < -0.39 is 11.5 Å². The molecule has 8 heteroatoms. The van der Waals surface area contributed by atoms with E-state index in [9.17, 15) is 14.9 Å². The lowest BCUT2D eigenvalue weighted by molar-refractivity contribution is -0.144. The van der Waals surface area contributed by atoms with Crippen molar-refractivity contribution in [3.63, 3.8) is 0 Å². The van der Waals surface area contributed by atoms with E-state index in [0.29, 0.717) is 37.4 Å². The van der Waals surface area contributed by atoms with Gasteiger partial charge in [-0.05, 0) is 81.5 Å². The van der Waals surface area contributed by atoms with Gasteiger partial charge in [0.2, 0.25) is 0 Å². The minimum atomic E-state index is -0.531. The normalized spacial score (nSPS) is 16.3. The lowest BCUT2D eigenvalue weighted by Gasteiger charge is -2.24. The molecule has 3 aromatic rings. The van der Waals surface area contributed by atoms with Gasteiger partial charge >= 0.3 is 12.1 Å². The molecular weight excluding hydrogens is 488 g/mol. The van der Waals surface area contributed by atoms with Crippen LogP contribution in [0.2, 0.25) is 0 Å². The van der Waals surface area contributed by atoms with E-state index in [2.05, 4.69) is 6.07 Å². The average Bonchev–Trinajstić information content (AvgIpc) is 3.48. The molecule has 0 N–H and O–H groups in total. The third-order valence-electron chi connectivity index (χ3n) is 6.05. The Hall–Kier alpha value is -3.57. The van der Waals surface area contributed by atoms with Crippen LogP contribution in [-0.4, -0.2) is 48.4 Å². The van der Waals surface area contributed by atoms with Crippen molar-refractivity contribution < 1.29 is 23.8 Å². The summed E-state index contributed by atoms with van der Waals surface area (Å²) in [4.78, 5) is 27.9. The highest BCUT2D eigenvalue weighted by Crippen LogP contribution is 2.32. The van der Waals surface area contributed by atoms with Crippen molar-refractivity contribution in [3.8, 4) is 11.8 Å². The van der Waals surface area contributed by atoms with Crippen molar-refractivity contribution in [1.82, 2.24) is 4.90 Å². The maximum Gasteiger partial charge on any atom is 0.410 e. The monoisotopic (exact) mass is 520 g/mol. The van der Waals surface area contributed by atoms with Gasteiger partial charge in [-0.2, -0.15) is 5.26 Å². The van der Waals surface area contributed by atoms with Crippen molar-refractivity contribution in [2.45, 2.75) is 58.2 Å². The quantitative estimate of drug-likeness (QED) is 0.352. The molecule has 1 aliphatic rings. The second kappa shape index (κ2) is 11.2. The van der Waals surface area contributed by atoms with Crippen LogP contribution in [0.25, 0.3) is 10.1 Å². The average molecular weight is 521 g/mol. The summed E-state index contributed by atoms with van der Waals surface area (Å²) < 4.78 is 18.0. The highest BCUT2D eigenvalue weighted by Gasteiger charge is 2.31. The van der Waals surface area contributed by atoms with Gasteiger partial charge in [0.25, 0.3) is 0 Å². The zero-order chi connectivity index (χ0) is 26.6. The lowest BCUT2D eigenvalue weighted by Crippen LogP contribution is -2.36. The molecule has 1 amide bonds. The van der Waals surface area contributed by atoms with Crippen LogP contribution in [0.3, 0.4) is 0 Å². The number of thiophene rings is 1. The van der Waals surface area contributed by atoms with E-state index in [1.54, 1.807) is 29.2 Å². The predicted molar refractivity (Wildman–Crippen MR) is 143 cm³/mol. The second-order valence-corrected chi connectivity index (χ2v) is 11.3. The standard InChI is InChI=1S/C29H32N2O5S/c1-5-34-27(32)25(16-24-15-21-14-19(17-30)6-11-26(21)37-24)20-7-9-22(10-8-20)35-23-12-13-31(18-23)28(33)36-29(2,3)4/h6-11,14-15,23,25H,5,12-13,16,18H2,1-4H3/t23-,25?/m0/s1. The fraction of sp³-hybridized carbons (Fsp3) is 0.414. The molecule has 2 atom stereocenters. The van der Waals surface area contributed by atoms with Crippen molar-refractivity contribution >= 4 is 33.5 Å². The number of hydrogen-bond acceptors (Lipinski definition) is 7. The summed E-state index contributed by atoms with van der Waals surface area (Å²) in [5.41, 5.74) is 0.935. The minimum Gasteiger partial charge on any atom is -0.489 e. The lowest BCUT2D eigenvalue weighted by atomic mass is 9.94. The molecule has 0 saturated carbocycles. The zero-order valence-corrected chi connectivity index (χ0v) is 22.5. The molecule has 4 rings (SSSR count). The first-order valence-electron chi connectivity index (χ1n) is 12.5. The minimum absolute atomic E-state index is 0.115. The second-order valence-electron chi connectivity index (χ2n) is 10.1. The Morgan fingerprint density at radius 3 is 2.59 bits per heavy atom. The Balaban J connectivity index is 1.44. The molecule has 1 saturated heterocycles. The molecular formula is C29H32N2O5S. The Bertz CT molecular complexity index is 1300. The number of hydrogen-bond donors (Lipinski definition) is 0. The number of esters is 1. The fourth-order valence-electron chi connectivity index (χ4n) is 4.34. The number of nitriles is 1. The van der Waals surface area contributed by atoms with Gasteiger partial charge in [-0.1, -0.05) is 12.1 Å². The highest BCUT2D eigenvalue weighted by molar-refractivity contribution is 7.19. The third kappa shape index (κ3) is 6.80. The summed E-state index contributed by atoms with van der Waals surface area (Å²) in [6.45, 7) is 8.73. The number of rotatable bonds is 7. The Morgan fingerprint density at radius 2 is 1.92 bits per heavy atom. The van der Waals surface area contributed by atoms with E-state index in [0.717, 1.165) is 26.9 Å². The molecule has 1 unspecified atom stereocenters. The van der Waals surface area contributed by atoms with Crippen LogP contribution >= 0.6 is 11.3 Å². The van der Waals surface area contributed by atoms with Crippen molar-refractivity contribution in [2.24, 2.45) is 0 Å². The van der Waals surface area contributed by atoms with E-state index in [4.69, 9.17) is 14.2 Å². The van der Waals surface area contributed by atoms with Crippen molar-refractivity contribution in [2.75, 3.05) is 19.7 Å². The maximum atomic E-state index is 12.9. The van der Waals surface area contributed by atoms with Gasteiger partial charge in [-0.3, -0.25) is 4.79 Å². The molecule has 0 spiro atoms. The van der Waals surface area contributed by atoms with Gasteiger partial charge in [-0.15, -0.1) is 11.3 Å². The van der Waals surface area contributed by atoms with Crippen LogP contribution in [0.1, 0.15) is 56.0 Å². The number of fused-ring (bicyclic) bond motifs is 1. The maximum absolute atomic E-state index is 12.9. The number of likely N-dealkylation sites (tertiary alicyclic amines) is 1. The van der Waals surface area contributed by atoms with Crippen LogP contribution in [0, 0.1) is 11.3 Å². The fourth-order valence-corrected chi connectivity index (χ4v) is 5.43. The molecule has 1 aromatic heterocycles. The highest BCUT2D eigenvalue weighted by atomic mass is 32.1. The SMILES string of the molecule is CCOC(=O)C(Cc1cc2cc(C#N)ccc2s1)c1ccc(O[C@H]2CCN(C(=O)OC(C)(C)C)C2)cc1. The van der Waals surface area contributed by atoms with Gasteiger partial charge in [-0.25, -0.2) is 4.79 Å². The number of amides is 1. The molecule has 2 aromatic carbocycles. The zero-order valence-electron chi connectivity index (χ0n) is 21.7. The topological polar surface area (TPSA) is 88.9 Å². The molecule has 1 aliphatic heterocycles. The molecule has 0 radical (unpaired) electrons. The van der Waals surface area contributed by atoms with E-state index >= 15 is 0 Å². The van der Waals surface area contributed by atoms with Crippen LogP contribution in [0.15, 0.2) is 48.5 Å². The summed E-state index contributed by atoms with van der Waals surface area (Å²) in [6, 6.07) is 17.4. The van der Waals surface area contributed by atoms with Crippen LogP contribution in [0.4, 0.5) is 4.79 Å². The Kier molecular flexibility index (Phi) is 8.03. The first kappa shape index (κ1) is 26.5. The van der Waals surface area contributed by atoms with Crippen molar-refractivity contribution in [3.05, 3.63) is 64.5 Å². The largest absolute Gasteiger partial charge is 0.489 e. The number of ether oxygens (including phenoxy) is 3. The molecule has 0 bridgehead atoms. The molecule has 0 aliphatic carbocycles. The summed E-state index contributed by atoms with van der Waals surface area (Å²) in [7, 11) is 0. The summed E-state index contributed by atoms with van der Waals surface area (Å²) in [5, 5.41) is 10.2. The van der Waals surface area contributed by atoms with Gasteiger partial charge in [0.1, 0.15) is 17.5 Å². The van der Waals surface area contributed by atoms with Crippen LogP contribution < -0.4 is 4.74 Å². The molecule has 2 heterocycles. The first-order chi connectivity index (χ1) is 17.6. The molecule has 1 fully saturated rings. The van der Waals surface area contributed by atoms with Gasteiger partial charge < -0.3 is 19.1 Å².